The van der Waals surface area contributed by atoms with Crippen LogP contribution < -0.4 is 0 Å². The van der Waals surface area contributed by atoms with E-state index in [9.17, 15) is 27.5 Å². The number of halogens is 1. The zero-order valence-corrected chi connectivity index (χ0v) is 25.0. The number of nitrogens with zero attached hydrogens (tertiary/aromatic N) is 2. The van der Waals surface area contributed by atoms with Gasteiger partial charge in [-0.15, -0.1) is 0 Å². The molecule has 0 unspecified atom stereocenters. The van der Waals surface area contributed by atoms with Crippen LogP contribution in [-0.2, 0) is 26.0 Å². The number of aryl methyl sites for hydroxylation is 1. The maximum absolute atomic E-state index is 14.2. The minimum atomic E-state index is -4.44. The lowest BCUT2D eigenvalue weighted by molar-refractivity contribution is -0.150. The molecule has 8 nitrogen and oxygen atoms in total. The molecule has 0 radical (unpaired) electrons. The monoisotopic (exact) mass is 612 g/mol. The first-order valence-corrected chi connectivity index (χ1v) is 16.3. The van der Waals surface area contributed by atoms with Crippen molar-refractivity contribution in [3.63, 3.8) is 0 Å². The smallest absolute Gasteiger partial charge is 0.421 e. The van der Waals surface area contributed by atoms with Gasteiger partial charge in [0.25, 0.3) is 15.9 Å². The Labute approximate surface area is 249 Å². The first kappa shape index (κ1) is 30.1. The summed E-state index contributed by atoms with van der Waals surface area (Å²) in [6, 6.07) is 18.3. The molecule has 5 rings (SSSR count). The van der Waals surface area contributed by atoms with Crippen LogP contribution in [0.4, 0.5) is 9.18 Å². The molecule has 2 aliphatic heterocycles. The number of carbonyl (C=O) groups is 2. The molecule has 0 aliphatic carbocycles. The predicted molar refractivity (Wildman–Crippen MR) is 158 cm³/mol. The van der Waals surface area contributed by atoms with Crippen molar-refractivity contribution in [3.05, 3.63) is 101 Å². The van der Waals surface area contributed by atoms with E-state index in [1.54, 1.807) is 29.2 Å². The van der Waals surface area contributed by atoms with Crippen molar-refractivity contribution in [1.82, 2.24) is 9.21 Å². The van der Waals surface area contributed by atoms with E-state index in [0.29, 0.717) is 23.0 Å². The van der Waals surface area contributed by atoms with Gasteiger partial charge in [-0.1, -0.05) is 61.0 Å². The van der Waals surface area contributed by atoms with Gasteiger partial charge in [-0.2, -0.15) is 16.1 Å². The van der Waals surface area contributed by atoms with Gasteiger partial charge in [0.15, 0.2) is 0 Å². The summed E-state index contributed by atoms with van der Waals surface area (Å²) in [5.74, 6) is -0.138. The van der Waals surface area contributed by atoms with E-state index in [2.05, 4.69) is 0 Å². The molecule has 222 valence electrons. The Morgan fingerprint density at radius 2 is 1.76 bits per heavy atom. The van der Waals surface area contributed by atoms with Crippen molar-refractivity contribution < 1.29 is 32.2 Å². The molecule has 4 atom stereocenters. The number of sulfonamides is 1. The number of carboxylic acid groups (broad SMARTS) is 1. The summed E-state index contributed by atoms with van der Waals surface area (Å²) in [6.45, 7) is 4.10. The molecule has 11 heteroatoms. The van der Waals surface area contributed by atoms with Crippen LogP contribution in [0.5, 0.6) is 0 Å². The minimum absolute atomic E-state index is 0.0123. The van der Waals surface area contributed by atoms with Crippen LogP contribution in [0.3, 0.4) is 0 Å². The highest BCUT2D eigenvalue weighted by Gasteiger charge is 2.47. The first-order chi connectivity index (χ1) is 20.1. The highest BCUT2D eigenvalue weighted by atomic mass is 32.2. The Bertz CT molecular complexity index is 1550. The molecule has 3 aromatic rings. The number of fused-ring (bicyclic) bond motifs is 1. The van der Waals surface area contributed by atoms with Crippen molar-refractivity contribution in [2.45, 2.75) is 55.0 Å². The third-order valence-corrected chi connectivity index (χ3v) is 10.8. The van der Waals surface area contributed by atoms with Crippen LogP contribution in [0.25, 0.3) is 0 Å². The van der Waals surface area contributed by atoms with E-state index in [1.165, 1.54) is 36.0 Å². The van der Waals surface area contributed by atoms with Crippen molar-refractivity contribution in [1.29, 1.82) is 0 Å². The van der Waals surface area contributed by atoms with Crippen molar-refractivity contribution in [3.8, 4) is 0 Å². The molecule has 3 aromatic carbocycles. The summed E-state index contributed by atoms with van der Waals surface area (Å²) in [5, 5.41) is 9.73. The zero-order chi connectivity index (χ0) is 30.0. The van der Waals surface area contributed by atoms with E-state index in [4.69, 9.17) is 4.74 Å². The van der Waals surface area contributed by atoms with Crippen LogP contribution in [0.2, 0.25) is 0 Å². The molecule has 1 saturated heterocycles. The van der Waals surface area contributed by atoms with Crippen LogP contribution >= 0.6 is 11.8 Å². The molecule has 1 fully saturated rings. The summed E-state index contributed by atoms with van der Waals surface area (Å²) in [6.07, 6.45) is -2.19. The lowest BCUT2D eigenvalue weighted by Crippen LogP contribution is -2.57. The second-order valence-corrected chi connectivity index (χ2v) is 13.8. The molecule has 2 amide bonds. The fourth-order valence-electron chi connectivity index (χ4n) is 5.79. The topological polar surface area (TPSA) is 104 Å². The lowest BCUT2D eigenvalue weighted by Gasteiger charge is -2.43. The van der Waals surface area contributed by atoms with E-state index < -0.39 is 39.6 Å². The van der Waals surface area contributed by atoms with Gasteiger partial charge in [0.05, 0.1) is 28.8 Å². The quantitative estimate of drug-likeness (QED) is 0.388. The molecule has 2 aliphatic rings. The van der Waals surface area contributed by atoms with Gasteiger partial charge in [0.2, 0.25) is 0 Å². The Kier molecular flexibility index (Phi) is 8.91. The molecule has 2 heterocycles. The largest absolute Gasteiger partial charge is 0.464 e. The Morgan fingerprint density at radius 3 is 2.43 bits per heavy atom. The summed E-state index contributed by atoms with van der Waals surface area (Å²) in [4.78, 5) is 28.3. The third kappa shape index (κ3) is 5.91. The van der Waals surface area contributed by atoms with E-state index >= 15 is 0 Å². The lowest BCUT2D eigenvalue weighted by atomic mass is 9.87. The number of hydrogen-bond donors (Lipinski definition) is 1. The average Bonchev–Trinajstić information content (AvgIpc) is 2.97. The fraction of sp³-hybridized carbons (Fsp3) is 0.355. The number of amides is 2. The van der Waals surface area contributed by atoms with Crippen LogP contribution in [0.15, 0.2) is 77.7 Å². The number of hydrogen-bond acceptors (Lipinski definition) is 6. The van der Waals surface area contributed by atoms with E-state index in [1.807, 2.05) is 38.1 Å². The molecule has 0 aromatic heterocycles. The van der Waals surface area contributed by atoms with E-state index in [0.717, 1.165) is 22.3 Å². The summed E-state index contributed by atoms with van der Waals surface area (Å²) < 4.78 is 47.7. The maximum atomic E-state index is 14.2. The standard InChI is InChI=1S/C31H33FN2O6S2/c1-3-41-28-19-40-27(18-26(28)34(31(36)37)42(38,39)24-14-8-20(2)9-15-24)30(35)33-17-16-21-6-4-5-7-25(21)29(33)22-10-12-23(32)13-11-22/h4-15,26-29H,3,16-19H2,1-2H3,(H,36,37)/t26-,27+,28-,29-/m0/s1. The molecular weight excluding hydrogens is 579 g/mol. The summed E-state index contributed by atoms with van der Waals surface area (Å²) >= 11 is 1.40. The van der Waals surface area contributed by atoms with Gasteiger partial charge in [-0.05, 0) is 60.1 Å². The molecular formula is C31H33FN2O6S2. The predicted octanol–water partition coefficient (Wildman–Crippen LogP) is 5.26. The first-order valence-electron chi connectivity index (χ1n) is 13.8. The Balaban J connectivity index is 1.49. The van der Waals surface area contributed by atoms with Gasteiger partial charge < -0.3 is 14.7 Å². The average molecular weight is 613 g/mol. The minimum Gasteiger partial charge on any atom is -0.464 e. The second-order valence-electron chi connectivity index (χ2n) is 10.4. The van der Waals surface area contributed by atoms with E-state index in [-0.39, 0.29) is 29.6 Å². The van der Waals surface area contributed by atoms with Crippen molar-refractivity contribution in [2.24, 2.45) is 0 Å². The number of carbonyl (C=O) groups excluding carboxylic acids is 1. The number of thioether (sulfide) groups is 1. The molecule has 0 spiro atoms. The van der Waals surface area contributed by atoms with Gasteiger partial charge in [-0.25, -0.2) is 17.6 Å². The third-order valence-electron chi connectivity index (χ3n) is 7.82. The molecule has 0 saturated carbocycles. The molecule has 1 N–H and O–H groups in total. The maximum Gasteiger partial charge on any atom is 0.421 e. The van der Waals surface area contributed by atoms with Gasteiger partial charge in [0.1, 0.15) is 11.9 Å². The van der Waals surface area contributed by atoms with Crippen molar-refractivity contribution >= 4 is 33.8 Å². The van der Waals surface area contributed by atoms with Crippen LogP contribution in [0, 0.1) is 12.7 Å². The summed E-state index contributed by atoms with van der Waals surface area (Å²) in [7, 11) is -4.44. The van der Waals surface area contributed by atoms with Crippen LogP contribution in [-0.4, -0.2) is 71.0 Å². The molecule has 42 heavy (non-hydrogen) atoms. The van der Waals surface area contributed by atoms with Gasteiger partial charge >= 0.3 is 6.09 Å². The Hall–Kier alpha value is -3.41. The number of benzene rings is 3. The van der Waals surface area contributed by atoms with Crippen molar-refractivity contribution in [2.75, 3.05) is 18.9 Å². The zero-order valence-electron chi connectivity index (χ0n) is 23.4. The normalized spacial score (nSPS) is 22.3. The van der Waals surface area contributed by atoms with Crippen LogP contribution in [0.1, 0.15) is 41.6 Å². The molecule has 0 bridgehead atoms. The second kappa shape index (κ2) is 12.4. The summed E-state index contributed by atoms with van der Waals surface area (Å²) in [5.41, 5.74) is 3.58. The number of ether oxygens (including phenoxy) is 1. The fourth-order valence-corrected chi connectivity index (χ4v) is 8.43. The highest BCUT2D eigenvalue weighted by Crippen LogP contribution is 2.38. The highest BCUT2D eigenvalue weighted by molar-refractivity contribution is 8.00. The SMILES string of the molecule is CCS[C@H]1CO[C@@H](C(=O)N2CCc3ccccc3[C@@H]2c2ccc(F)cc2)C[C@@H]1N(C(=O)O)S(=O)(=O)c1ccc(C)cc1. The van der Waals surface area contributed by atoms with Gasteiger partial charge in [0, 0.05) is 13.0 Å². The van der Waals surface area contributed by atoms with Gasteiger partial charge in [-0.3, -0.25) is 4.79 Å². The Morgan fingerprint density at radius 1 is 1.07 bits per heavy atom. The number of rotatable bonds is 7.